The first-order valence-electron chi connectivity index (χ1n) is 11.0. The second-order valence-corrected chi connectivity index (χ2v) is 10.5. The molecule has 0 radical (unpaired) electrons. The van der Waals surface area contributed by atoms with Gasteiger partial charge in [-0.05, 0) is 74.0 Å². The number of hydrogen-bond acceptors (Lipinski definition) is 5. The molecule has 0 heterocycles. The number of esters is 1. The standard InChI is InChI=1S/C23H34O5/c1-14(24)28-13-20(26)23(27)11-8-19-17-5-4-15-12-16(25)6-9-21(15,2)18(17)7-10-22(19,23)3/h15,17-19,27H,4-13H2,1-3H3. The van der Waals surface area contributed by atoms with Gasteiger partial charge < -0.3 is 9.84 Å². The molecule has 1 N–H and O–H groups in total. The molecular formula is C23H34O5. The molecule has 7 atom stereocenters. The van der Waals surface area contributed by atoms with Gasteiger partial charge >= 0.3 is 5.97 Å². The molecule has 0 spiro atoms. The second kappa shape index (κ2) is 6.65. The summed E-state index contributed by atoms with van der Waals surface area (Å²) >= 11 is 0. The Balaban J connectivity index is 1.57. The van der Waals surface area contributed by atoms with Crippen LogP contribution >= 0.6 is 0 Å². The molecule has 4 saturated carbocycles. The van der Waals surface area contributed by atoms with E-state index in [0.29, 0.717) is 42.3 Å². The van der Waals surface area contributed by atoms with Gasteiger partial charge in [-0.1, -0.05) is 13.8 Å². The summed E-state index contributed by atoms with van der Waals surface area (Å²) in [4.78, 5) is 36.0. The summed E-state index contributed by atoms with van der Waals surface area (Å²) in [6.45, 7) is 5.45. The van der Waals surface area contributed by atoms with Crippen LogP contribution in [0.4, 0.5) is 0 Å². The second-order valence-electron chi connectivity index (χ2n) is 10.5. The molecular weight excluding hydrogens is 356 g/mol. The number of hydrogen-bond donors (Lipinski definition) is 1. The van der Waals surface area contributed by atoms with Crippen molar-refractivity contribution >= 4 is 17.5 Å². The lowest BCUT2D eigenvalue weighted by Crippen LogP contribution is -2.59. The number of ketones is 2. The van der Waals surface area contributed by atoms with Gasteiger partial charge in [-0.2, -0.15) is 0 Å². The van der Waals surface area contributed by atoms with E-state index in [9.17, 15) is 19.5 Å². The molecule has 0 aromatic heterocycles. The van der Waals surface area contributed by atoms with Gasteiger partial charge in [0.25, 0.3) is 0 Å². The summed E-state index contributed by atoms with van der Waals surface area (Å²) in [7, 11) is 0. The number of Topliss-reactive ketones (excluding diaryl/α,β-unsaturated/α-hetero) is 2. The maximum absolute atomic E-state index is 12.9. The molecule has 0 amide bonds. The van der Waals surface area contributed by atoms with Crippen molar-refractivity contribution in [3.8, 4) is 0 Å². The van der Waals surface area contributed by atoms with Crippen LogP contribution in [0, 0.1) is 34.5 Å². The third kappa shape index (κ3) is 2.72. The van der Waals surface area contributed by atoms with Gasteiger partial charge in [-0.25, -0.2) is 0 Å². The van der Waals surface area contributed by atoms with E-state index in [1.165, 1.54) is 6.92 Å². The highest BCUT2D eigenvalue weighted by Gasteiger charge is 2.66. The van der Waals surface area contributed by atoms with Crippen molar-refractivity contribution in [2.45, 2.75) is 84.2 Å². The number of carbonyl (C=O) groups is 3. The maximum atomic E-state index is 12.9. The molecule has 0 aromatic carbocycles. The molecule has 4 aliphatic rings. The van der Waals surface area contributed by atoms with Crippen LogP contribution in [0.25, 0.3) is 0 Å². The summed E-state index contributed by atoms with van der Waals surface area (Å²) in [5, 5.41) is 11.5. The van der Waals surface area contributed by atoms with Crippen molar-refractivity contribution in [1.82, 2.24) is 0 Å². The van der Waals surface area contributed by atoms with Crippen molar-refractivity contribution in [3.05, 3.63) is 0 Å². The van der Waals surface area contributed by atoms with E-state index in [2.05, 4.69) is 13.8 Å². The normalized spacial score (nSPS) is 47.6. The number of fused-ring (bicyclic) bond motifs is 5. The molecule has 5 heteroatoms. The number of aliphatic hydroxyl groups is 1. The van der Waals surface area contributed by atoms with Crippen LogP contribution in [0.3, 0.4) is 0 Å². The minimum Gasteiger partial charge on any atom is -0.458 e. The highest BCUT2D eigenvalue weighted by Crippen LogP contribution is 2.68. The van der Waals surface area contributed by atoms with Gasteiger partial charge in [0.1, 0.15) is 11.4 Å². The first kappa shape index (κ1) is 20.1. The highest BCUT2D eigenvalue weighted by molar-refractivity contribution is 5.91. The fourth-order valence-corrected chi connectivity index (χ4v) is 7.81. The molecule has 4 rings (SSSR count). The van der Waals surface area contributed by atoms with E-state index >= 15 is 0 Å². The Morgan fingerprint density at radius 2 is 1.79 bits per heavy atom. The minimum absolute atomic E-state index is 0.223. The fraction of sp³-hybridized carbons (Fsp3) is 0.870. The van der Waals surface area contributed by atoms with E-state index in [4.69, 9.17) is 4.74 Å². The van der Waals surface area contributed by atoms with Gasteiger partial charge in [0.05, 0.1) is 0 Å². The lowest BCUT2D eigenvalue weighted by molar-refractivity contribution is -0.175. The first-order valence-corrected chi connectivity index (χ1v) is 11.0. The van der Waals surface area contributed by atoms with E-state index in [-0.39, 0.29) is 17.8 Å². The van der Waals surface area contributed by atoms with Crippen LogP contribution < -0.4 is 0 Å². The average molecular weight is 391 g/mol. The molecule has 4 fully saturated rings. The zero-order valence-electron chi connectivity index (χ0n) is 17.5. The van der Waals surface area contributed by atoms with Crippen molar-refractivity contribution in [3.63, 3.8) is 0 Å². The number of carbonyl (C=O) groups excluding carboxylic acids is 3. The van der Waals surface area contributed by atoms with Crippen molar-refractivity contribution < 1.29 is 24.2 Å². The van der Waals surface area contributed by atoms with Crippen molar-refractivity contribution in [2.24, 2.45) is 34.5 Å². The van der Waals surface area contributed by atoms with Gasteiger partial charge in [0, 0.05) is 25.2 Å². The molecule has 0 aromatic rings. The molecule has 7 unspecified atom stereocenters. The Morgan fingerprint density at radius 3 is 2.50 bits per heavy atom. The molecule has 0 aliphatic heterocycles. The highest BCUT2D eigenvalue weighted by atomic mass is 16.5. The van der Waals surface area contributed by atoms with Gasteiger partial charge in [-0.15, -0.1) is 0 Å². The number of ether oxygens (including phenoxy) is 1. The zero-order valence-corrected chi connectivity index (χ0v) is 17.5. The van der Waals surface area contributed by atoms with Crippen LogP contribution in [0.15, 0.2) is 0 Å². The first-order chi connectivity index (χ1) is 13.1. The quantitative estimate of drug-likeness (QED) is 0.747. The Bertz CT molecular complexity index is 701. The Hall–Kier alpha value is -1.23. The van der Waals surface area contributed by atoms with Gasteiger partial charge in [0.15, 0.2) is 6.61 Å². The van der Waals surface area contributed by atoms with Gasteiger partial charge in [0.2, 0.25) is 5.78 Å². The molecule has 156 valence electrons. The lowest BCUT2D eigenvalue weighted by Gasteiger charge is -2.60. The van der Waals surface area contributed by atoms with Crippen LogP contribution in [-0.2, 0) is 19.1 Å². The molecule has 4 aliphatic carbocycles. The Kier molecular flexibility index (Phi) is 4.76. The summed E-state index contributed by atoms with van der Waals surface area (Å²) in [5.74, 6) is 1.53. The average Bonchev–Trinajstić information content (AvgIpc) is 2.92. The maximum Gasteiger partial charge on any atom is 0.303 e. The molecule has 5 nitrogen and oxygen atoms in total. The number of rotatable bonds is 3. The lowest BCUT2D eigenvalue weighted by atomic mass is 9.44. The molecule has 0 bridgehead atoms. The van der Waals surface area contributed by atoms with Crippen LogP contribution in [0.5, 0.6) is 0 Å². The van der Waals surface area contributed by atoms with E-state index in [0.717, 1.165) is 44.9 Å². The third-order valence-electron chi connectivity index (χ3n) is 9.50. The van der Waals surface area contributed by atoms with E-state index in [1.54, 1.807) is 0 Å². The third-order valence-corrected chi connectivity index (χ3v) is 9.50. The Morgan fingerprint density at radius 1 is 1.07 bits per heavy atom. The van der Waals surface area contributed by atoms with Gasteiger partial charge in [-0.3, -0.25) is 14.4 Å². The smallest absolute Gasteiger partial charge is 0.303 e. The SMILES string of the molecule is CC(=O)OCC(=O)C1(O)CCC2C3CCC4CC(=O)CCC4(C)C3CCC21C. The fourth-order valence-electron chi connectivity index (χ4n) is 7.81. The summed E-state index contributed by atoms with van der Waals surface area (Å²) in [5.41, 5.74) is -1.61. The van der Waals surface area contributed by atoms with Crippen molar-refractivity contribution in [2.75, 3.05) is 6.61 Å². The largest absolute Gasteiger partial charge is 0.458 e. The summed E-state index contributed by atoms with van der Waals surface area (Å²) in [6, 6.07) is 0. The predicted molar refractivity (Wildman–Crippen MR) is 103 cm³/mol. The van der Waals surface area contributed by atoms with Crippen LogP contribution in [0.2, 0.25) is 0 Å². The zero-order chi connectivity index (χ0) is 20.3. The Labute approximate surface area is 167 Å². The summed E-state index contributed by atoms with van der Waals surface area (Å²) < 4.78 is 4.93. The van der Waals surface area contributed by atoms with Crippen LogP contribution in [-0.4, -0.2) is 34.9 Å². The topological polar surface area (TPSA) is 80.7 Å². The minimum atomic E-state index is -1.39. The van der Waals surface area contributed by atoms with Crippen LogP contribution in [0.1, 0.15) is 78.6 Å². The van der Waals surface area contributed by atoms with E-state index < -0.39 is 17.0 Å². The molecule has 28 heavy (non-hydrogen) atoms. The monoisotopic (exact) mass is 390 g/mol. The van der Waals surface area contributed by atoms with Crippen molar-refractivity contribution in [1.29, 1.82) is 0 Å². The molecule has 0 saturated heterocycles. The predicted octanol–water partition coefficient (Wildman–Crippen LogP) is 3.46. The summed E-state index contributed by atoms with van der Waals surface area (Å²) in [6.07, 6.45) is 7.82. The van der Waals surface area contributed by atoms with E-state index in [1.807, 2.05) is 0 Å².